The lowest BCUT2D eigenvalue weighted by Crippen LogP contribution is -2.37. The molecule has 6 nitrogen and oxygen atoms in total. The molecule has 5 heterocycles. The molecule has 0 spiro atoms. The Morgan fingerprint density at radius 2 is 2.04 bits per heavy atom. The number of nitrogens with zero attached hydrogens (tertiary/aromatic N) is 4. The van der Waals surface area contributed by atoms with E-state index < -0.39 is 0 Å². The van der Waals surface area contributed by atoms with Crippen molar-refractivity contribution in [3.8, 4) is 0 Å². The number of benzene rings is 1. The second-order valence-corrected chi connectivity index (χ2v) is 7.88. The number of rotatable bonds is 0. The van der Waals surface area contributed by atoms with Crippen molar-refractivity contribution >= 4 is 17.2 Å². The van der Waals surface area contributed by atoms with Gasteiger partial charge in [-0.05, 0) is 56.5 Å². The average Bonchev–Trinajstić information content (AvgIpc) is 3.10. The molecule has 3 aliphatic heterocycles. The number of nitrogens with one attached hydrogen (secondary N) is 2. The fourth-order valence-electron chi connectivity index (χ4n) is 4.37. The number of anilines is 2. The minimum Gasteiger partial charge on any atom is -0.371 e. The molecule has 0 amide bonds. The molecule has 2 aromatic heterocycles. The van der Waals surface area contributed by atoms with Gasteiger partial charge in [0.2, 0.25) is 0 Å². The molecule has 7 heteroatoms. The third kappa shape index (κ3) is 3.20. The largest absolute Gasteiger partial charge is 0.371 e. The van der Waals surface area contributed by atoms with Crippen molar-refractivity contribution in [1.29, 1.82) is 0 Å². The molecule has 1 aromatic carbocycles. The molecule has 1 unspecified atom stereocenters. The first-order valence-corrected chi connectivity index (χ1v) is 10.0. The summed E-state index contributed by atoms with van der Waals surface area (Å²) in [5, 5.41) is 11.5. The maximum atomic E-state index is 14.1. The van der Waals surface area contributed by atoms with Crippen molar-refractivity contribution in [2.24, 2.45) is 5.92 Å². The number of hydrogen-bond donors (Lipinski definition) is 2. The molecule has 0 saturated carbocycles. The van der Waals surface area contributed by atoms with Crippen LogP contribution in [0.25, 0.3) is 5.65 Å². The lowest BCUT2D eigenvalue weighted by atomic mass is 9.95. The van der Waals surface area contributed by atoms with Crippen molar-refractivity contribution in [2.75, 3.05) is 29.9 Å². The van der Waals surface area contributed by atoms with Gasteiger partial charge in [0, 0.05) is 42.6 Å². The van der Waals surface area contributed by atoms with Crippen LogP contribution in [0.1, 0.15) is 36.9 Å². The molecule has 6 rings (SSSR count). The van der Waals surface area contributed by atoms with Gasteiger partial charge in [-0.3, -0.25) is 0 Å². The summed E-state index contributed by atoms with van der Waals surface area (Å²) in [6.45, 7) is 5.83. The van der Waals surface area contributed by atoms with E-state index in [2.05, 4.69) is 27.6 Å². The Bertz CT molecular complexity index is 992. The quantitative estimate of drug-likeness (QED) is 0.626. The summed E-state index contributed by atoms with van der Waals surface area (Å²) in [6, 6.07) is 6.99. The Morgan fingerprint density at radius 3 is 2.89 bits per heavy atom. The molecule has 3 aliphatic rings. The van der Waals surface area contributed by atoms with E-state index in [0.29, 0.717) is 5.92 Å². The predicted octanol–water partition coefficient (Wildman–Crippen LogP) is 3.36. The average molecular weight is 380 g/mol. The lowest BCUT2D eigenvalue weighted by molar-refractivity contribution is 0.382. The third-order valence-electron chi connectivity index (χ3n) is 5.97. The van der Waals surface area contributed by atoms with Gasteiger partial charge >= 0.3 is 0 Å². The second-order valence-electron chi connectivity index (χ2n) is 7.88. The monoisotopic (exact) mass is 380 g/mol. The first kappa shape index (κ1) is 17.4. The molecule has 146 valence electrons. The number of fused-ring (bicyclic) bond motifs is 5. The van der Waals surface area contributed by atoms with Gasteiger partial charge in [0.05, 0.1) is 12.2 Å². The van der Waals surface area contributed by atoms with Gasteiger partial charge in [-0.2, -0.15) is 5.10 Å². The maximum Gasteiger partial charge on any atom is 0.161 e. The SMILES string of the molecule is CC1Nc2ccn3ncc(c3n2)CNCC2CCN(CC2)c2ccc(F)cc21. The van der Waals surface area contributed by atoms with E-state index >= 15 is 0 Å². The summed E-state index contributed by atoms with van der Waals surface area (Å²) >= 11 is 0. The zero-order valence-electron chi connectivity index (χ0n) is 16.0. The third-order valence-corrected chi connectivity index (χ3v) is 5.97. The van der Waals surface area contributed by atoms with Crippen LogP contribution in [-0.4, -0.2) is 34.2 Å². The Morgan fingerprint density at radius 1 is 1.18 bits per heavy atom. The van der Waals surface area contributed by atoms with Crippen molar-refractivity contribution in [3.63, 3.8) is 0 Å². The van der Waals surface area contributed by atoms with Gasteiger partial charge in [-0.25, -0.2) is 13.9 Å². The Hall–Kier alpha value is -2.67. The highest BCUT2D eigenvalue weighted by molar-refractivity contribution is 5.58. The minimum atomic E-state index is -0.203. The molecule has 4 bridgehead atoms. The van der Waals surface area contributed by atoms with Crippen molar-refractivity contribution in [1.82, 2.24) is 19.9 Å². The summed E-state index contributed by atoms with van der Waals surface area (Å²) in [4.78, 5) is 7.17. The Kier molecular flexibility index (Phi) is 4.39. The van der Waals surface area contributed by atoms with E-state index in [1.807, 2.05) is 24.5 Å². The van der Waals surface area contributed by atoms with E-state index in [1.165, 1.54) is 0 Å². The minimum absolute atomic E-state index is 0.0620. The summed E-state index contributed by atoms with van der Waals surface area (Å²) in [5.41, 5.74) is 4.04. The number of hydrogen-bond acceptors (Lipinski definition) is 5. The molecule has 1 fully saturated rings. The summed E-state index contributed by atoms with van der Waals surface area (Å²) in [6.07, 6.45) is 6.08. The molecular weight excluding hydrogens is 355 g/mol. The molecule has 1 atom stereocenters. The van der Waals surface area contributed by atoms with Crippen LogP contribution in [-0.2, 0) is 6.54 Å². The van der Waals surface area contributed by atoms with E-state index in [9.17, 15) is 4.39 Å². The van der Waals surface area contributed by atoms with Crippen LogP contribution in [0.2, 0.25) is 0 Å². The molecule has 0 aliphatic carbocycles. The van der Waals surface area contributed by atoms with Gasteiger partial charge in [-0.1, -0.05) is 0 Å². The zero-order chi connectivity index (χ0) is 19.1. The molecular formula is C21H25FN6. The highest BCUT2D eigenvalue weighted by Gasteiger charge is 2.23. The van der Waals surface area contributed by atoms with E-state index in [0.717, 1.165) is 67.3 Å². The topological polar surface area (TPSA) is 57.5 Å². The highest BCUT2D eigenvalue weighted by Crippen LogP contribution is 2.32. The number of piperidine rings is 1. The van der Waals surface area contributed by atoms with Crippen molar-refractivity contribution < 1.29 is 4.39 Å². The number of aromatic nitrogens is 3. The van der Waals surface area contributed by atoms with Gasteiger partial charge in [0.15, 0.2) is 5.65 Å². The first-order valence-electron chi connectivity index (χ1n) is 10.0. The second kappa shape index (κ2) is 7.05. The van der Waals surface area contributed by atoms with Crippen LogP contribution >= 0.6 is 0 Å². The van der Waals surface area contributed by atoms with Gasteiger partial charge < -0.3 is 15.5 Å². The standard InChI is InChI=1S/C21H25FN6/c1-14-18-10-17(22)2-3-19(18)27-7-4-15(5-8-27)11-23-12-16-13-24-28-9-6-20(25-14)26-21(16)28/h2-3,6,9-10,13-15,23H,4-5,7-8,11-12H2,1H3,(H,25,26). The fraction of sp³-hybridized carbons (Fsp3) is 0.429. The molecule has 2 N–H and O–H groups in total. The van der Waals surface area contributed by atoms with Gasteiger partial charge in [-0.15, -0.1) is 0 Å². The van der Waals surface area contributed by atoms with Crippen LogP contribution in [0.3, 0.4) is 0 Å². The molecule has 28 heavy (non-hydrogen) atoms. The van der Waals surface area contributed by atoms with Crippen molar-refractivity contribution in [3.05, 3.63) is 53.6 Å². The molecule has 0 radical (unpaired) electrons. The van der Waals surface area contributed by atoms with Gasteiger partial charge in [0.25, 0.3) is 0 Å². The normalized spacial score (nSPS) is 22.6. The Labute approximate surface area is 163 Å². The maximum absolute atomic E-state index is 14.1. The number of halogens is 1. The van der Waals surface area contributed by atoms with Gasteiger partial charge in [0.1, 0.15) is 11.6 Å². The summed E-state index contributed by atoms with van der Waals surface area (Å²) in [7, 11) is 0. The lowest BCUT2D eigenvalue weighted by Gasteiger charge is -2.35. The van der Waals surface area contributed by atoms with Crippen LogP contribution in [0.5, 0.6) is 0 Å². The summed E-state index contributed by atoms with van der Waals surface area (Å²) < 4.78 is 15.9. The summed E-state index contributed by atoms with van der Waals surface area (Å²) in [5.74, 6) is 1.23. The predicted molar refractivity (Wildman–Crippen MR) is 108 cm³/mol. The molecule has 1 saturated heterocycles. The molecule has 3 aromatic rings. The smallest absolute Gasteiger partial charge is 0.161 e. The zero-order valence-corrected chi connectivity index (χ0v) is 16.0. The highest BCUT2D eigenvalue weighted by atomic mass is 19.1. The van der Waals surface area contributed by atoms with Crippen LogP contribution in [0.15, 0.2) is 36.7 Å². The Balaban J connectivity index is 1.57. The van der Waals surface area contributed by atoms with Crippen LogP contribution in [0, 0.1) is 11.7 Å². The first-order chi connectivity index (χ1) is 13.7. The van der Waals surface area contributed by atoms with E-state index in [1.54, 1.807) is 16.6 Å². The van der Waals surface area contributed by atoms with E-state index in [4.69, 9.17) is 4.98 Å². The van der Waals surface area contributed by atoms with Crippen LogP contribution in [0.4, 0.5) is 15.9 Å². The van der Waals surface area contributed by atoms with Crippen molar-refractivity contribution in [2.45, 2.75) is 32.4 Å². The van der Waals surface area contributed by atoms with E-state index in [-0.39, 0.29) is 11.9 Å². The van der Waals surface area contributed by atoms with Crippen LogP contribution < -0.4 is 15.5 Å². The fourth-order valence-corrected chi connectivity index (χ4v) is 4.37.